The van der Waals surface area contributed by atoms with Crippen LogP contribution in [0.15, 0.2) is 12.2 Å². The molecule has 1 atom stereocenters. The van der Waals surface area contributed by atoms with Gasteiger partial charge in [0.2, 0.25) is 0 Å². The Kier molecular flexibility index (Phi) is 28.1. The molecule has 0 amide bonds. The first-order valence-electron chi connectivity index (χ1n) is 15.7. The van der Waals surface area contributed by atoms with Crippen LogP contribution in [0.1, 0.15) is 162 Å². The molecule has 0 aromatic carbocycles. The summed E-state index contributed by atoms with van der Waals surface area (Å²) < 4.78 is 10.5. The van der Waals surface area contributed by atoms with Gasteiger partial charge in [-0.15, -0.1) is 0 Å². The maximum absolute atomic E-state index is 12.0. The van der Waals surface area contributed by atoms with Crippen molar-refractivity contribution >= 4 is 11.9 Å². The van der Waals surface area contributed by atoms with E-state index in [0.717, 1.165) is 44.9 Å². The highest BCUT2D eigenvalue weighted by atomic mass is 16.6. The molecule has 0 spiro atoms. The number of carbonyl (C=O) groups excluding carboxylic acids is 2. The summed E-state index contributed by atoms with van der Waals surface area (Å²) in [7, 11) is 0. The van der Waals surface area contributed by atoms with Crippen LogP contribution in [0.5, 0.6) is 0 Å². The summed E-state index contributed by atoms with van der Waals surface area (Å²) >= 11 is 0. The van der Waals surface area contributed by atoms with Gasteiger partial charge < -0.3 is 14.6 Å². The molecular formula is C32H60O5. The summed E-state index contributed by atoms with van der Waals surface area (Å²) in [5, 5.41) is 9.44. The molecule has 0 heterocycles. The molecule has 1 N–H and O–H groups in total. The van der Waals surface area contributed by atoms with E-state index in [4.69, 9.17) is 9.47 Å². The number of ether oxygens (including phenoxy) is 2. The van der Waals surface area contributed by atoms with Crippen LogP contribution >= 0.6 is 0 Å². The molecule has 0 radical (unpaired) electrons. The predicted octanol–water partition coefficient (Wildman–Crippen LogP) is 9.00. The highest BCUT2D eigenvalue weighted by Gasteiger charge is 2.16. The van der Waals surface area contributed by atoms with Crippen molar-refractivity contribution in [2.45, 2.75) is 168 Å². The van der Waals surface area contributed by atoms with Crippen molar-refractivity contribution in [3.8, 4) is 0 Å². The molecule has 0 aliphatic rings. The zero-order valence-electron chi connectivity index (χ0n) is 24.5. The summed E-state index contributed by atoms with van der Waals surface area (Å²) in [4.78, 5) is 23.9. The number of rotatable bonds is 28. The topological polar surface area (TPSA) is 72.8 Å². The predicted molar refractivity (Wildman–Crippen MR) is 155 cm³/mol. The lowest BCUT2D eigenvalue weighted by Crippen LogP contribution is -2.28. The highest BCUT2D eigenvalue weighted by molar-refractivity contribution is 5.70. The molecule has 0 saturated heterocycles. The van der Waals surface area contributed by atoms with E-state index in [1.54, 1.807) is 0 Å². The maximum Gasteiger partial charge on any atom is 0.306 e. The molecule has 0 bridgehead atoms. The van der Waals surface area contributed by atoms with E-state index in [1.807, 2.05) is 0 Å². The molecule has 5 nitrogen and oxygen atoms in total. The maximum atomic E-state index is 12.0. The van der Waals surface area contributed by atoms with Crippen molar-refractivity contribution in [1.29, 1.82) is 0 Å². The highest BCUT2D eigenvalue weighted by Crippen LogP contribution is 2.12. The van der Waals surface area contributed by atoms with Crippen LogP contribution in [0.2, 0.25) is 0 Å². The van der Waals surface area contributed by atoms with Gasteiger partial charge in [0, 0.05) is 12.8 Å². The quantitative estimate of drug-likeness (QED) is 0.0628. The van der Waals surface area contributed by atoms with Gasteiger partial charge in [-0.2, -0.15) is 0 Å². The Hall–Kier alpha value is -1.36. The minimum Gasteiger partial charge on any atom is -0.462 e. The molecule has 0 aliphatic carbocycles. The monoisotopic (exact) mass is 524 g/mol. The van der Waals surface area contributed by atoms with Crippen molar-refractivity contribution < 1.29 is 24.2 Å². The van der Waals surface area contributed by atoms with Gasteiger partial charge in [0.05, 0.1) is 6.61 Å². The number of hydrogen-bond acceptors (Lipinski definition) is 5. The summed E-state index contributed by atoms with van der Waals surface area (Å²) in [5.74, 6) is -0.605. The summed E-state index contributed by atoms with van der Waals surface area (Å²) in [6.07, 6.45) is 29.9. The Bertz CT molecular complexity index is 531. The van der Waals surface area contributed by atoms with Crippen LogP contribution < -0.4 is 0 Å². The summed E-state index contributed by atoms with van der Waals surface area (Å²) in [6, 6.07) is 0. The molecule has 0 aliphatic heterocycles. The van der Waals surface area contributed by atoms with Crippen LogP contribution in [0.25, 0.3) is 0 Å². The molecule has 0 rings (SSSR count). The van der Waals surface area contributed by atoms with Crippen molar-refractivity contribution in [3.63, 3.8) is 0 Å². The van der Waals surface area contributed by atoms with Gasteiger partial charge in [-0.1, -0.05) is 122 Å². The third-order valence-electron chi connectivity index (χ3n) is 6.81. The zero-order valence-corrected chi connectivity index (χ0v) is 24.5. The van der Waals surface area contributed by atoms with Gasteiger partial charge in [-0.05, 0) is 38.5 Å². The van der Waals surface area contributed by atoms with Crippen molar-refractivity contribution in [2.75, 3.05) is 13.2 Å². The minimum atomic E-state index is -0.765. The number of hydrogen-bond donors (Lipinski definition) is 1. The second kappa shape index (κ2) is 29.2. The number of carbonyl (C=O) groups is 2. The number of aliphatic hydroxyl groups excluding tert-OH is 1. The number of unbranched alkanes of at least 4 members (excludes halogenated alkanes) is 18. The Morgan fingerprint density at radius 3 is 1.46 bits per heavy atom. The van der Waals surface area contributed by atoms with Crippen LogP contribution in [-0.4, -0.2) is 36.4 Å². The van der Waals surface area contributed by atoms with E-state index in [-0.39, 0.29) is 25.2 Å². The second-order valence-corrected chi connectivity index (χ2v) is 10.5. The fourth-order valence-corrected chi connectivity index (χ4v) is 4.37. The molecule has 0 aromatic rings. The molecular weight excluding hydrogens is 464 g/mol. The van der Waals surface area contributed by atoms with Gasteiger partial charge >= 0.3 is 11.9 Å². The van der Waals surface area contributed by atoms with Gasteiger partial charge in [0.25, 0.3) is 0 Å². The molecule has 1 unspecified atom stereocenters. The van der Waals surface area contributed by atoms with Gasteiger partial charge in [-0.25, -0.2) is 0 Å². The molecule has 218 valence electrons. The second-order valence-electron chi connectivity index (χ2n) is 10.5. The van der Waals surface area contributed by atoms with Gasteiger partial charge in [-0.3, -0.25) is 9.59 Å². The van der Waals surface area contributed by atoms with Gasteiger partial charge in [0.1, 0.15) is 6.61 Å². The normalized spacial score (nSPS) is 12.2. The molecule has 0 fully saturated rings. The van der Waals surface area contributed by atoms with Gasteiger partial charge in [0.15, 0.2) is 6.10 Å². The van der Waals surface area contributed by atoms with Crippen molar-refractivity contribution in [2.24, 2.45) is 0 Å². The van der Waals surface area contributed by atoms with Crippen molar-refractivity contribution in [3.05, 3.63) is 12.2 Å². The lowest BCUT2D eigenvalue weighted by molar-refractivity contribution is -0.161. The lowest BCUT2D eigenvalue weighted by Gasteiger charge is -2.15. The van der Waals surface area contributed by atoms with E-state index in [0.29, 0.717) is 12.8 Å². The third kappa shape index (κ3) is 27.5. The fourth-order valence-electron chi connectivity index (χ4n) is 4.37. The molecule has 37 heavy (non-hydrogen) atoms. The van der Waals surface area contributed by atoms with Crippen LogP contribution in [0, 0.1) is 0 Å². The average molecular weight is 525 g/mol. The van der Waals surface area contributed by atoms with Crippen LogP contribution in [0.3, 0.4) is 0 Å². The molecule has 5 heteroatoms. The summed E-state index contributed by atoms with van der Waals surface area (Å²) in [6.45, 7) is 4.07. The summed E-state index contributed by atoms with van der Waals surface area (Å²) in [5.41, 5.74) is 0. The molecule has 0 aromatic heterocycles. The largest absolute Gasteiger partial charge is 0.462 e. The third-order valence-corrected chi connectivity index (χ3v) is 6.81. The Morgan fingerprint density at radius 2 is 1.00 bits per heavy atom. The first kappa shape index (κ1) is 35.6. The molecule has 0 saturated carbocycles. The van der Waals surface area contributed by atoms with Crippen molar-refractivity contribution in [1.82, 2.24) is 0 Å². The van der Waals surface area contributed by atoms with Crippen LogP contribution in [-0.2, 0) is 19.1 Å². The SMILES string of the molecule is CCCCCCCCC/C=C\CCCCCCCC(=O)OC(CO)COC(=O)CCCCCCCCC. The first-order valence-corrected chi connectivity index (χ1v) is 15.7. The Labute approximate surface area is 229 Å². The van der Waals surface area contributed by atoms with E-state index in [1.165, 1.54) is 89.9 Å². The van der Waals surface area contributed by atoms with E-state index in [9.17, 15) is 14.7 Å². The van der Waals surface area contributed by atoms with E-state index >= 15 is 0 Å². The standard InChI is InChI=1S/C32H60O5/c1-3-5-7-9-11-12-13-14-15-16-17-18-19-21-23-25-27-32(35)37-30(28-33)29-36-31(34)26-24-22-20-10-8-6-4-2/h15-16,30,33H,3-14,17-29H2,1-2H3/b16-15-. The first-order chi connectivity index (χ1) is 18.1. The fraction of sp³-hybridized carbons (Fsp3) is 0.875. The van der Waals surface area contributed by atoms with E-state index < -0.39 is 6.10 Å². The number of aliphatic hydroxyl groups is 1. The number of allylic oxidation sites excluding steroid dienone is 2. The van der Waals surface area contributed by atoms with Crippen LogP contribution in [0.4, 0.5) is 0 Å². The number of esters is 2. The Morgan fingerprint density at radius 1 is 0.595 bits per heavy atom. The minimum absolute atomic E-state index is 0.0654. The smallest absolute Gasteiger partial charge is 0.306 e. The Balaban J connectivity index is 3.57. The zero-order chi connectivity index (χ0) is 27.2. The lowest BCUT2D eigenvalue weighted by atomic mass is 10.1. The van der Waals surface area contributed by atoms with E-state index in [2.05, 4.69) is 26.0 Å². The average Bonchev–Trinajstić information content (AvgIpc) is 2.90.